The number of hydrogen-bond acceptors (Lipinski definition) is 6. The molecule has 0 radical (unpaired) electrons. The Hall–Kier alpha value is -4.36. The first-order valence-electron chi connectivity index (χ1n) is 12.4. The van der Waals surface area contributed by atoms with E-state index in [2.05, 4.69) is 11.1 Å². The molecular formula is C29H22F3N5OS. The van der Waals surface area contributed by atoms with E-state index in [0.717, 1.165) is 27.5 Å². The zero-order valence-corrected chi connectivity index (χ0v) is 21.4. The number of nitrogens with two attached hydrogens (primary N) is 1. The van der Waals surface area contributed by atoms with Crippen LogP contribution in [0.2, 0.25) is 0 Å². The molecule has 0 spiro atoms. The number of hydrogen-bond donors (Lipinski definition) is 1. The van der Waals surface area contributed by atoms with Gasteiger partial charge in [0, 0.05) is 29.1 Å². The lowest BCUT2D eigenvalue weighted by Gasteiger charge is -2.40. The van der Waals surface area contributed by atoms with E-state index in [4.69, 9.17) is 5.73 Å². The van der Waals surface area contributed by atoms with Crippen molar-refractivity contribution in [3.63, 3.8) is 0 Å². The van der Waals surface area contributed by atoms with Crippen molar-refractivity contribution in [2.75, 3.05) is 4.90 Å². The van der Waals surface area contributed by atoms with Crippen LogP contribution >= 0.6 is 11.3 Å². The maximum Gasteiger partial charge on any atom is 0.418 e. The number of carbonyl (C=O) groups excluding carboxylic acids is 1. The number of rotatable bonds is 4. The number of fused-ring (bicyclic) bond motifs is 1. The van der Waals surface area contributed by atoms with Crippen LogP contribution in [0.4, 0.5) is 18.9 Å². The minimum absolute atomic E-state index is 0.0717. The summed E-state index contributed by atoms with van der Waals surface area (Å²) in [7, 11) is 0. The van der Waals surface area contributed by atoms with E-state index >= 15 is 0 Å². The molecule has 4 aromatic rings. The van der Waals surface area contributed by atoms with Crippen molar-refractivity contribution in [3.05, 3.63) is 105 Å². The highest BCUT2D eigenvalue weighted by atomic mass is 32.1. The number of thiophene rings is 1. The van der Waals surface area contributed by atoms with Crippen LogP contribution in [-0.4, -0.2) is 15.3 Å². The van der Waals surface area contributed by atoms with Gasteiger partial charge in [-0.2, -0.15) is 18.4 Å². The van der Waals surface area contributed by atoms with Crippen molar-refractivity contribution in [3.8, 4) is 6.07 Å². The van der Waals surface area contributed by atoms with Gasteiger partial charge in [0.2, 0.25) is 0 Å². The Morgan fingerprint density at radius 3 is 2.69 bits per heavy atom. The van der Waals surface area contributed by atoms with Crippen LogP contribution in [0.25, 0.3) is 11.0 Å². The van der Waals surface area contributed by atoms with Crippen LogP contribution in [0.15, 0.2) is 89.0 Å². The molecule has 1 atom stereocenters. The number of nitriles is 1. The largest absolute Gasteiger partial charge is 0.418 e. The van der Waals surface area contributed by atoms with E-state index in [-0.39, 0.29) is 29.3 Å². The zero-order chi connectivity index (χ0) is 27.3. The summed E-state index contributed by atoms with van der Waals surface area (Å²) in [6.07, 6.45) is -1.74. The molecule has 2 aliphatic rings. The molecule has 6 rings (SSSR count). The Balaban J connectivity index is 1.46. The number of benzene rings is 2. The maximum absolute atomic E-state index is 14.0. The highest BCUT2D eigenvalue weighted by Crippen LogP contribution is 2.49. The van der Waals surface area contributed by atoms with Gasteiger partial charge < -0.3 is 10.3 Å². The molecule has 0 amide bonds. The number of imidazole rings is 1. The van der Waals surface area contributed by atoms with Gasteiger partial charge >= 0.3 is 6.18 Å². The first kappa shape index (κ1) is 24.9. The van der Waals surface area contributed by atoms with Gasteiger partial charge in [-0.3, -0.25) is 9.69 Å². The molecular weight excluding hydrogens is 523 g/mol. The number of para-hydroxylation sites is 3. The Kier molecular flexibility index (Phi) is 6.03. The molecule has 6 nitrogen and oxygen atoms in total. The zero-order valence-electron chi connectivity index (χ0n) is 20.6. The van der Waals surface area contributed by atoms with Gasteiger partial charge in [0.05, 0.1) is 46.2 Å². The first-order valence-corrected chi connectivity index (χ1v) is 13.3. The number of halogens is 3. The highest BCUT2D eigenvalue weighted by Gasteiger charge is 2.43. The molecule has 2 aromatic heterocycles. The summed E-state index contributed by atoms with van der Waals surface area (Å²) in [5.74, 6) is -0.986. The molecule has 1 aliphatic carbocycles. The van der Waals surface area contributed by atoms with E-state index in [1.807, 2.05) is 40.3 Å². The van der Waals surface area contributed by atoms with E-state index in [1.165, 1.54) is 34.4 Å². The summed E-state index contributed by atoms with van der Waals surface area (Å²) >= 11 is 1.41. The molecule has 0 bridgehead atoms. The topological polar surface area (TPSA) is 87.9 Å². The normalized spacial score (nSPS) is 18.1. The van der Waals surface area contributed by atoms with E-state index < -0.39 is 17.7 Å². The Labute approximate surface area is 226 Å². The third-order valence-corrected chi connectivity index (χ3v) is 8.25. The SMILES string of the molecule is N#CC1=C(N)N(c2ccccc2C(F)(F)F)C2=C(C(=O)CCC2)C1c1cc(Cn2cnc3ccccc32)cs1. The van der Waals surface area contributed by atoms with Crippen LogP contribution < -0.4 is 10.6 Å². The lowest BCUT2D eigenvalue weighted by atomic mass is 9.78. The number of ketones is 1. The second-order valence-electron chi connectivity index (χ2n) is 9.55. The number of Topliss-reactive ketones (excluding diaryl/α,β-unsaturated/α-hetero) is 1. The van der Waals surface area contributed by atoms with Gasteiger partial charge in [-0.05, 0) is 54.1 Å². The highest BCUT2D eigenvalue weighted by molar-refractivity contribution is 7.10. The van der Waals surface area contributed by atoms with Crippen LogP contribution in [0.1, 0.15) is 41.2 Å². The third kappa shape index (κ3) is 4.19. The number of alkyl halides is 3. The van der Waals surface area contributed by atoms with Crippen LogP contribution in [0.3, 0.4) is 0 Å². The standard InChI is InChI=1S/C29H22F3N5OS/c30-29(31,32)19-6-1-3-8-21(19)37-23-10-5-11-24(38)27(23)26(18(13-33)28(37)34)25-12-17(15-39-25)14-36-16-35-20-7-2-4-9-22(20)36/h1-4,6-9,12,15-16,26H,5,10-11,14,34H2. The van der Waals surface area contributed by atoms with Crippen molar-refractivity contribution in [1.82, 2.24) is 9.55 Å². The van der Waals surface area contributed by atoms with Crippen LogP contribution in [-0.2, 0) is 17.5 Å². The van der Waals surface area contributed by atoms with Gasteiger partial charge in [-0.25, -0.2) is 4.98 Å². The fraction of sp³-hybridized carbons (Fsp3) is 0.207. The van der Waals surface area contributed by atoms with E-state index in [9.17, 15) is 23.2 Å². The van der Waals surface area contributed by atoms with Crippen LogP contribution in [0, 0.1) is 11.3 Å². The number of aromatic nitrogens is 2. The monoisotopic (exact) mass is 545 g/mol. The average molecular weight is 546 g/mol. The van der Waals surface area contributed by atoms with Crippen molar-refractivity contribution < 1.29 is 18.0 Å². The minimum Gasteiger partial charge on any atom is -0.384 e. The second kappa shape index (κ2) is 9.43. The quantitative estimate of drug-likeness (QED) is 0.318. The van der Waals surface area contributed by atoms with Crippen molar-refractivity contribution in [1.29, 1.82) is 5.26 Å². The average Bonchev–Trinajstić information content (AvgIpc) is 3.55. The summed E-state index contributed by atoms with van der Waals surface area (Å²) in [5.41, 5.74) is 9.12. The molecule has 0 fully saturated rings. The summed E-state index contributed by atoms with van der Waals surface area (Å²) < 4.78 is 43.9. The van der Waals surface area contributed by atoms with Crippen molar-refractivity contribution in [2.45, 2.75) is 37.9 Å². The summed E-state index contributed by atoms with van der Waals surface area (Å²) in [6.45, 7) is 0.537. The number of allylic oxidation sites excluding steroid dienone is 3. The predicted molar refractivity (Wildman–Crippen MR) is 143 cm³/mol. The summed E-state index contributed by atoms with van der Waals surface area (Å²) in [6, 6.07) is 17.0. The van der Waals surface area contributed by atoms with Gasteiger partial charge in [0.15, 0.2) is 5.78 Å². The Morgan fingerprint density at radius 1 is 1.13 bits per heavy atom. The molecule has 0 saturated heterocycles. The number of carbonyl (C=O) groups is 1. The third-order valence-electron chi connectivity index (χ3n) is 7.20. The van der Waals surface area contributed by atoms with Gasteiger partial charge in [0.1, 0.15) is 5.82 Å². The maximum atomic E-state index is 14.0. The smallest absolute Gasteiger partial charge is 0.384 e. The lowest BCUT2D eigenvalue weighted by Crippen LogP contribution is -2.39. The van der Waals surface area contributed by atoms with E-state index in [0.29, 0.717) is 30.7 Å². The molecule has 39 heavy (non-hydrogen) atoms. The first-order chi connectivity index (χ1) is 18.8. The minimum atomic E-state index is -4.64. The van der Waals surface area contributed by atoms with Crippen molar-refractivity contribution in [2.24, 2.45) is 5.73 Å². The molecule has 2 N–H and O–H groups in total. The predicted octanol–water partition coefficient (Wildman–Crippen LogP) is 6.47. The molecule has 1 aliphatic heterocycles. The van der Waals surface area contributed by atoms with Crippen molar-refractivity contribution >= 4 is 33.8 Å². The van der Waals surface area contributed by atoms with Crippen LogP contribution in [0.5, 0.6) is 0 Å². The molecule has 1 unspecified atom stereocenters. The fourth-order valence-electron chi connectivity index (χ4n) is 5.52. The Bertz CT molecular complexity index is 1720. The lowest BCUT2D eigenvalue weighted by molar-refractivity contribution is -0.137. The Morgan fingerprint density at radius 2 is 1.90 bits per heavy atom. The molecule has 196 valence electrons. The number of anilines is 1. The fourth-order valence-corrected chi connectivity index (χ4v) is 6.54. The molecule has 10 heteroatoms. The summed E-state index contributed by atoms with van der Waals surface area (Å²) in [5, 5.41) is 12.2. The number of nitrogens with zero attached hydrogens (tertiary/aromatic N) is 4. The van der Waals surface area contributed by atoms with Gasteiger partial charge in [-0.1, -0.05) is 24.3 Å². The summed E-state index contributed by atoms with van der Waals surface area (Å²) in [4.78, 5) is 19.8. The second-order valence-corrected chi connectivity index (χ2v) is 10.5. The van der Waals surface area contributed by atoms with Gasteiger partial charge in [-0.15, -0.1) is 11.3 Å². The molecule has 3 heterocycles. The molecule has 2 aromatic carbocycles. The molecule has 0 saturated carbocycles. The van der Waals surface area contributed by atoms with E-state index in [1.54, 1.807) is 6.33 Å². The van der Waals surface area contributed by atoms with Gasteiger partial charge in [0.25, 0.3) is 0 Å².